The number of hydrogen-bond acceptors (Lipinski definition) is 3. The summed E-state index contributed by atoms with van der Waals surface area (Å²) in [6.07, 6.45) is 3.95. The number of urea groups is 1. The second-order valence-corrected chi connectivity index (χ2v) is 6.47. The molecule has 6 heteroatoms. The number of morpholine rings is 1. The van der Waals surface area contributed by atoms with E-state index in [1.807, 2.05) is 37.3 Å². The zero-order valence-corrected chi connectivity index (χ0v) is 14.3. The van der Waals surface area contributed by atoms with Crippen LogP contribution in [0.25, 0.3) is 0 Å². The van der Waals surface area contributed by atoms with Gasteiger partial charge < -0.3 is 15.0 Å². The number of nitrogens with zero attached hydrogens (tertiary/aromatic N) is 3. The highest BCUT2D eigenvalue weighted by atomic mass is 16.5. The molecule has 2 heterocycles. The number of anilines is 1. The molecule has 0 aliphatic carbocycles. The minimum Gasteiger partial charge on any atom is -0.372 e. The van der Waals surface area contributed by atoms with Crippen molar-refractivity contribution >= 4 is 11.7 Å². The van der Waals surface area contributed by atoms with E-state index < -0.39 is 0 Å². The molecule has 1 fully saturated rings. The van der Waals surface area contributed by atoms with E-state index in [0.29, 0.717) is 13.2 Å². The topological polar surface area (TPSA) is 59.4 Å². The van der Waals surface area contributed by atoms with Crippen LogP contribution in [0.3, 0.4) is 0 Å². The minimum atomic E-state index is -0.323. The first-order valence-corrected chi connectivity index (χ1v) is 8.10. The summed E-state index contributed by atoms with van der Waals surface area (Å²) in [7, 11) is 0. The van der Waals surface area contributed by atoms with Gasteiger partial charge in [0, 0.05) is 13.1 Å². The van der Waals surface area contributed by atoms with Crippen LogP contribution in [0, 0.1) is 6.92 Å². The molecule has 6 nitrogen and oxygen atoms in total. The van der Waals surface area contributed by atoms with Crippen molar-refractivity contribution in [2.45, 2.75) is 65.6 Å². The van der Waals surface area contributed by atoms with Gasteiger partial charge in [-0.3, -0.25) is 4.68 Å². The summed E-state index contributed by atoms with van der Waals surface area (Å²) in [5.41, 5.74) is 1.47. The Labute approximate surface area is 132 Å². The highest BCUT2D eigenvalue weighted by Crippen LogP contribution is 2.25. The van der Waals surface area contributed by atoms with Gasteiger partial charge in [0.1, 0.15) is 0 Å². The molecule has 1 aromatic heterocycles. The number of hydrogen-bond donors (Lipinski definition) is 1. The van der Waals surface area contributed by atoms with E-state index in [0.717, 1.165) is 30.8 Å². The number of aryl methyl sites for hydroxylation is 1. The summed E-state index contributed by atoms with van der Waals surface area (Å²) in [4.78, 5) is 14.4. The molecule has 0 saturated carbocycles. The van der Waals surface area contributed by atoms with Crippen molar-refractivity contribution in [1.82, 2.24) is 14.7 Å². The summed E-state index contributed by atoms with van der Waals surface area (Å²) in [6, 6.07) is -0.0568. The number of ether oxygens (including phenoxy) is 1. The lowest BCUT2D eigenvalue weighted by Gasteiger charge is -2.44. The number of carbonyl (C=O) groups is 1. The fourth-order valence-electron chi connectivity index (χ4n) is 2.66. The normalized spacial score (nSPS) is 21.0. The lowest BCUT2D eigenvalue weighted by Crippen LogP contribution is -2.58. The molecule has 1 atom stereocenters. The van der Waals surface area contributed by atoms with Crippen molar-refractivity contribution in [2.75, 3.05) is 18.5 Å². The number of aromatic nitrogens is 2. The summed E-state index contributed by atoms with van der Waals surface area (Å²) in [6.45, 7) is 12.3. The zero-order valence-electron chi connectivity index (χ0n) is 14.3. The zero-order chi connectivity index (χ0) is 16.3. The molecule has 124 valence electrons. The number of nitrogens with one attached hydrogen (secondary N) is 1. The molecule has 22 heavy (non-hydrogen) atoms. The van der Waals surface area contributed by atoms with Crippen molar-refractivity contribution in [2.24, 2.45) is 0 Å². The average Bonchev–Trinajstić information content (AvgIpc) is 2.80. The predicted octanol–water partition coefficient (Wildman–Crippen LogP) is 3.02. The Kier molecular flexibility index (Phi) is 5.11. The predicted molar refractivity (Wildman–Crippen MR) is 87.1 cm³/mol. The third kappa shape index (κ3) is 3.43. The van der Waals surface area contributed by atoms with E-state index in [-0.39, 0.29) is 17.7 Å². The van der Waals surface area contributed by atoms with Crippen molar-refractivity contribution in [3.8, 4) is 0 Å². The second-order valence-electron chi connectivity index (χ2n) is 6.47. The third-order valence-corrected chi connectivity index (χ3v) is 4.61. The van der Waals surface area contributed by atoms with Crippen LogP contribution >= 0.6 is 0 Å². The standard InChI is InChI=1S/C16H28N4O2/c1-6-7-8-20-12(2)14(11-17-20)18-15(21)19-9-10-22-16(4,5)13(19)3/h11,13H,6-10H2,1-5H3,(H,18,21). The Bertz CT molecular complexity index is 524. The quantitative estimate of drug-likeness (QED) is 0.930. The maximum Gasteiger partial charge on any atom is 0.322 e. The molecule has 0 bridgehead atoms. The highest BCUT2D eigenvalue weighted by Gasteiger charge is 2.37. The van der Waals surface area contributed by atoms with Crippen LogP contribution in [-0.4, -0.2) is 45.5 Å². The molecule has 1 unspecified atom stereocenters. The monoisotopic (exact) mass is 308 g/mol. The van der Waals surface area contributed by atoms with Gasteiger partial charge in [-0.25, -0.2) is 4.79 Å². The van der Waals surface area contributed by atoms with Gasteiger partial charge in [-0.1, -0.05) is 13.3 Å². The van der Waals surface area contributed by atoms with E-state index in [1.165, 1.54) is 0 Å². The summed E-state index contributed by atoms with van der Waals surface area (Å²) < 4.78 is 7.69. The third-order valence-electron chi connectivity index (χ3n) is 4.61. The summed E-state index contributed by atoms with van der Waals surface area (Å²) >= 11 is 0. The number of carbonyl (C=O) groups excluding carboxylic acids is 1. The molecule has 0 spiro atoms. The Morgan fingerprint density at radius 2 is 2.27 bits per heavy atom. The smallest absolute Gasteiger partial charge is 0.322 e. The van der Waals surface area contributed by atoms with Crippen LogP contribution in [0.2, 0.25) is 0 Å². The van der Waals surface area contributed by atoms with Gasteiger partial charge >= 0.3 is 6.03 Å². The first-order valence-electron chi connectivity index (χ1n) is 8.10. The van der Waals surface area contributed by atoms with Crippen molar-refractivity contribution in [1.29, 1.82) is 0 Å². The summed E-state index contributed by atoms with van der Waals surface area (Å²) in [5.74, 6) is 0. The van der Waals surface area contributed by atoms with Gasteiger partial charge in [0.05, 0.1) is 35.8 Å². The van der Waals surface area contributed by atoms with Gasteiger partial charge in [0.15, 0.2) is 0 Å². The van der Waals surface area contributed by atoms with E-state index >= 15 is 0 Å². The molecule has 1 aliphatic heterocycles. The van der Waals surface area contributed by atoms with Crippen molar-refractivity contribution < 1.29 is 9.53 Å². The number of amides is 2. The van der Waals surface area contributed by atoms with Gasteiger partial charge in [0.25, 0.3) is 0 Å². The van der Waals surface area contributed by atoms with Crippen LogP contribution in [0.4, 0.5) is 10.5 Å². The van der Waals surface area contributed by atoms with E-state index in [4.69, 9.17) is 4.74 Å². The average molecular weight is 308 g/mol. The van der Waals surface area contributed by atoms with Crippen molar-refractivity contribution in [3.63, 3.8) is 0 Å². The molecule has 1 N–H and O–H groups in total. The van der Waals surface area contributed by atoms with Crippen LogP contribution in [0.15, 0.2) is 6.20 Å². The Morgan fingerprint density at radius 3 is 2.95 bits per heavy atom. The molecule has 1 aromatic rings. The van der Waals surface area contributed by atoms with E-state index in [1.54, 1.807) is 6.20 Å². The molecular formula is C16H28N4O2. The van der Waals surface area contributed by atoms with E-state index in [2.05, 4.69) is 17.3 Å². The molecule has 2 rings (SSSR count). The van der Waals surface area contributed by atoms with Gasteiger partial charge in [-0.2, -0.15) is 5.10 Å². The fourth-order valence-corrected chi connectivity index (χ4v) is 2.66. The van der Waals surface area contributed by atoms with Crippen LogP contribution in [-0.2, 0) is 11.3 Å². The lowest BCUT2D eigenvalue weighted by atomic mass is 9.97. The van der Waals surface area contributed by atoms with Gasteiger partial charge in [-0.05, 0) is 34.1 Å². The summed E-state index contributed by atoms with van der Waals surface area (Å²) in [5, 5.41) is 7.35. The fraction of sp³-hybridized carbons (Fsp3) is 0.750. The van der Waals surface area contributed by atoms with Crippen LogP contribution in [0.1, 0.15) is 46.2 Å². The maximum atomic E-state index is 12.6. The second kappa shape index (κ2) is 6.69. The molecule has 0 radical (unpaired) electrons. The SMILES string of the molecule is CCCCn1ncc(NC(=O)N2CCOC(C)(C)C2C)c1C. The maximum absolute atomic E-state index is 12.6. The van der Waals surface area contributed by atoms with E-state index in [9.17, 15) is 4.79 Å². The van der Waals surface area contributed by atoms with Gasteiger partial charge in [-0.15, -0.1) is 0 Å². The Hall–Kier alpha value is -1.56. The first-order chi connectivity index (χ1) is 10.4. The van der Waals surface area contributed by atoms with Crippen molar-refractivity contribution in [3.05, 3.63) is 11.9 Å². The largest absolute Gasteiger partial charge is 0.372 e. The molecule has 0 aromatic carbocycles. The number of unbranched alkanes of at least 4 members (excludes halogenated alkanes) is 1. The minimum absolute atomic E-state index is 0.0247. The Balaban J connectivity index is 2.04. The van der Waals surface area contributed by atoms with Crippen LogP contribution < -0.4 is 5.32 Å². The van der Waals surface area contributed by atoms with Gasteiger partial charge in [0.2, 0.25) is 0 Å². The molecule has 1 aliphatic rings. The highest BCUT2D eigenvalue weighted by molar-refractivity contribution is 5.90. The molecule has 2 amide bonds. The first kappa shape index (κ1) is 16.8. The number of rotatable bonds is 4. The lowest BCUT2D eigenvalue weighted by molar-refractivity contribution is -0.105. The Morgan fingerprint density at radius 1 is 1.55 bits per heavy atom. The molecular weight excluding hydrogens is 280 g/mol. The van der Waals surface area contributed by atoms with Crippen LogP contribution in [0.5, 0.6) is 0 Å². The molecule has 1 saturated heterocycles.